The van der Waals surface area contributed by atoms with E-state index < -0.39 is 12.1 Å². The van der Waals surface area contributed by atoms with Crippen LogP contribution in [0, 0.1) is 0 Å². The van der Waals surface area contributed by atoms with Gasteiger partial charge in [-0.25, -0.2) is 4.98 Å². The van der Waals surface area contributed by atoms with Crippen LogP contribution in [0.1, 0.15) is 37.4 Å². The van der Waals surface area contributed by atoms with Crippen molar-refractivity contribution >= 4 is 23.2 Å². The summed E-state index contributed by atoms with van der Waals surface area (Å²) in [6.45, 7) is 4.17. The summed E-state index contributed by atoms with van der Waals surface area (Å²) >= 11 is 1.44. The van der Waals surface area contributed by atoms with Gasteiger partial charge in [0, 0.05) is 35.8 Å². The summed E-state index contributed by atoms with van der Waals surface area (Å²) in [5.41, 5.74) is 2.70. The molecule has 0 aliphatic carbocycles. The van der Waals surface area contributed by atoms with E-state index in [-0.39, 0.29) is 18.2 Å². The molecule has 3 rings (SSSR count). The average Bonchev–Trinajstić information content (AvgIpc) is 3.23. The van der Waals surface area contributed by atoms with E-state index in [9.17, 15) is 9.59 Å². The molecule has 7 heteroatoms. The van der Waals surface area contributed by atoms with Crippen LogP contribution in [0.2, 0.25) is 0 Å². The molecule has 0 saturated carbocycles. The predicted molar refractivity (Wildman–Crippen MR) is 117 cm³/mol. The zero-order valence-corrected chi connectivity index (χ0v) is 17.9. The van der Waals surface area contributed by atoms with Crippen molar-refractivity contribution in [2.24, 2.45) is 0 Å². The van der Waals surface area contributed by atoms with Gasteiger partial charge in [-0.2, -0.15) is 0 Å². The lowest BCUT2D eigenvalue weighted by molar-refractivity contribution is -0.154. The van der Waals surface area contributed by atoms with E-state index >= 15 is 0 Å². The molecule has 1 N–H and O–H groups in total. The van der Waals surface area contributed by atoms with Crippen LogP contribution in [-0.4, -0.2) is 34.5 Å². The largest absolute Gasteiger partial charge is 0.452 e. The van der Waals surface area contributed by atoms with Gasteiger partial charge in [0.15, 0.2) is 6.10 Å². The smallest absolute Gasteiger partial charge is 0.312 e. The Morgan fingerprint density at radius 3 is 2.67 bits per heavy atom. The van der Waals surface area contributed by atoms with Crippen molar-refractivity contribution in [2.75, 3.05) is 6.54 Å². The Bertz CT molecular complexity index is 960. The highest BCUT2D eigenvalue weighted by Crippen LogP contribution is 2.23. The minimum atomic E-state index is -0.859. The molecule has 0 saturated heterocycles. The quantitative estimate of drug-likeness (QED) is 0.526. The number of pyridine rings is 1. The zero-order chi connectivity index (χ0) is 21.3. The number of nitrogens with one attached hydrogen (secondary N) is 1. The molecule has 0 aliphatic rings. The van der Waals surface area contributed by atoms with Crippen molar-refractivity contribution in [2.45, 2.75) is 38.7 Å². The topological polar surface area (TPSA) is 81.2 Å². The van der Waals surface area contributed by atoms with E-state index in [2.05, 4.69) is 34.3 Å². The Morgan fingerprint density at radius 2 is 1.97 bits per heavy atom. The maximum atomic E-state index is 12.4. The third-order valence-electron chi connectivity index (χ3n) is 4.75. The number of thiazole rings is 1. The van der Waals surface area contributed by atoms with Crippen molar-refractivity contribution in [3.8, 4) is 10.6 Å². The van der Waals surface area contributed by atoms with Gasteiger partial charge in [0.2, 0.25) is 0 Å². The van der Waals surface area contributed by atoms with Crippen LogP contribution >= 0.6 is 11.3 Å². The number of hydrogen-bond acceptors (Lipinski definition) is 6. The Hall–Kier alpha value is -3.06. The molecule has 3 aromatic rings. The maximum Gasteiger partial charge on any atom is 0.312 e. The second-order valence-corrected chi connectivity index (χ2v) is 7.81. The minimum Gasteiger partial charge on any atom is -0.452 e. The number of carbonyl (C=O) groups excluding carboxylic acids is 2. The SMILES string of the molecule is CC[C@H](CNC(=O)[C@H](C)OC(=O)Cc1csc(-c2cccnc2)n1)c1ccccc1. The van der Waals surface area contributed by atoms with Crippen LogP contribution in [0.3, 0.4) is 0 Å². The van der Waals surface area contributed by atoms with Gasteiger partial charge in [-0.3, -0.25) is 14.6 Å². The molecule has 0 bridgehead atoms. The first-order chi connectivity index (χ1) is 14.6. The van der Waals surface area contributed by atoms with Crippen LogP contribution in [-0.2, 0) is 20.7 Å². The van der Waals surface area contributed by atoms with Gasteiger partial charge in [-0.05, 0) is 31.0 Å². The first-order valence-corrected chi connectivity index (χ1v) is 10.8. The van der Waals surface area contributed by atoms with E-state index in [1.807, 2.05) is 35.7 Å². The summed E-state index contributed by atoms with van der Waals surface area (Å²) in [5, 5.41) is 5.50. The van der Waals surface area contributed by atoms with E-state index in [0.717, 1.165) is 17.0 Å². The van der Waals surface area contributed by atoms with Gasteiger partial charge < -0.3 is 10.1 Å². The highest BCUT2D eigenvalue weighted by atomic mass is 32.1. The third kappa shape index (κ3) is 5.97. The van der Waals surface area contributed by atoms with Crippen molar-refractivity contribution in [1.82, 2.24) is 15.3 Å². The number of nitrogens with zero attached hydrogens (tertiary/aromatic N) is 2. The van der Waals surface area contributed by atoms with Gasteiger partial charge in [-0.1, -0.05) is 37.3 Å². The minimum absolute atomic E-state index is 0.0238. The second kappa shape index (κ2) is 10.6. The number of carbonyl (C=O) groups is 2. The number of ether oxygens (including phenoxy) is 1. The predicted octanol–water partition coefficient (Wildman–Crippen LogP) is 3.99. The maximum absolute atomic E-state index is 12.4. The monoisotopic (exact) mass is 423 g/mol. The summed E-state index contributed by atoms with van der Waals surface area (Å²) < 4.78 is 5.30. The molecule has 0 fully saturated rings. The van der Waals surface area contributed by atoms with Crippen LogP contribution in [0.15, 0.2) is 60.2 Å². The molecule has 30 heavy (non-hydrogen) atoms. The standard InChI is InChI=1S/C23H25N3O3S/c1-3-17(18-8-5-4-6-9-18)14-25-22(28)16(2)29-21(27)12-20-15-30-23(26-20)19-10-7-11-24-13-19/h4-11,13,15-17H,3,12,14H2,1-2H3,(H,25,28)/t16-,17+/m0/s1. The molecule has 156 valence electrons. The molecule has 0 unspecified atom stereocenters. The molecule has 1 aromatic carbocycles. The molecule has 0 spiro atoms. The summed E-state index contributed by atoms with van der Waals surface area (Å²) in [5.74, 6) is -0.554. The lowest BCUT2D eigenvalue weighted by atomic mass is 9.96. The van der Waals surface area contributed by atoms with Gasteiger partial charge in [0.25, 0.3) is 5.91 Å². The fourth-order valence-corrected chi connectivity index (χ4v) is 3.85. The first-order valence-electron chi connectivity index (χ1n) is 9.93. The molecular weight excluding hydrogens is 398 g/mol. The number of rotatable bonds is 9. The van der Waals surface area contributed by atoms with Crippen molar-refractivity contribution in [3.63, 3.8) is 0 Å². The van der Waals surface area contributed by atoms with Gasteiger partial charge in [0.05, 0.1) is 12.1 Å². The summed E-state index contributed by atoms with van der Waals surface area (Å²) in [6, 6.07) is 13.8. The van der Waals surface area contributed by atoms with E-state index in [0.29, 0.717) is 12.2 Å². The third-order valence-corrected chi connectivity index (χ3v) is 5.69. The molecule has 6 nitrogen and oxygen atoms in total. The van der Waals surface area contributed by atoms with Crippen LogP contribution in [0.4, 0.5) is 0 Å². The molecule has 0 aliphatic heterocycles. The zero-order valence-electron chi connectivity index (χ0n) is 17.1. The second-order valence-electron chi connectivity index (χ2n) is 6.96. The van der Waals surface area contributed by atoms with Crippen LogP contribution in [0.5, 0.6) is 0 Å². The van der Waals surface area contributed by atoms with Crippen molar-refractivity contribution < 1.29 is 14.3 Å². The van der Waals surface area contributed by atoms with Gasteiger partial charge in [-0.15, -0.1) is 11.3 Å². The number of amides is 1. The highest BCUT2D eigenvalue weighted by Gasteiger charge is 2.20. The van der Waals surface area contributed by atoms with Crippen LogP contribution < -0.4 is 5.32 Å². The highest BCUT2D eigenvalue weighted by molar-refractivity contribution is 7.13. The Balaban J connectivity index is 1.48. The Labute approximate surface area is 180 Å². The molecule has 2 heterocycles. The Morgan fingerprint density at radius 1 is 1.17 bits per heavy atom. The van der Waals surface area contributed by atoms with Crippen LogP contribution in [0.25, 0.3) is 10.6 Å². The van der Waals surface area contributed by atoms with E-state index in [4.69, 9.17) is 4.74 Å². The number of esters is 1. The van der Waals surface area contributed by atoms with E-state index in [1.165, 1.54) is 16.9 Å². The number of benzene rings is 1. The fraction of sp³-hybridized carbons (Fsp3) is 0.304. The lowest BCUT2D eigenvalue weighted by Crippen LogP contribution is -2.38. The normalized spacial score (nSPS) is 12.7. The molecule has 0 radical (unpaired) electrons. The van der Waals surface area contributed by atoms with Crippen molar-refractivity contribution in [3.05, 3.63) is 71.5 Å². The summed E-state index contributed by atoms with van der Waals surface area (Å²) in [6.07, 6.45) is 3.50. The van der Waals surface area contributed by atoms with E-state index in [1.54, 1.807) is 19.3 Å². The molecule has 2 atom stereocenters. The van der Waals surface area contributed by atoms with Gasteiger partial charge in [0.1, 0.15) is 5.01 Å². The fourth-order valence-electron chi connectivity index (χ4n) is 3.04. The number of aromatic nitrogens is 2. The lowest BCUT2D eigenvalue weighted by Gasteiger charge is -2.18. The summed E-state index contributed by atoms with van der Waals surface area (Å²) in [4.78, 5) is 33.1. The number of hydrogen-bond donors (Lipinski definition) is 1. The van der Waals surface area contributed by atoms with Gasteiger partial charge >= 0.3 is 5.97 Å². The molecular formula is C23H25N3O3S. The summed E-state index contributed by atoms with van der Waals surface area (Å²) in [7, 11) is 0. The Kier molecular flexibility index (Phi) is 7.68. The first kappa shape index (κ1) is 21.6. The molecule has 1 amide bonds. The van der Waals surface area contributed by atoms with Crippen molar-refractivity contribution in [1.29, 1.82) is 0 Å². The average molecular weight is 424 g/mol. The molecule has 2 aromatic heterocycles.